The average Bonchev–Trinajstić information content (AvgIpc) is 2.72. The van der Waals surface area contributed by atoms with Gasteiger partial charge in [-0.05, 0) is 116 Å². The molecular weight excluding hydrogens is 430 g/mol. The highest BCUT2D eigenvalue weighted by molar-refractivity contribution is 8.32. The molecule has 0 fully saturated rings. The maximum atomic E-state index is 2.69. The molecule has 0 heterocycles. The number of unbranched alkanes of at least 4 members (excludes halogenated alkanes) is 4. The van der Waals surface area contributed by atoms with E-state index >= 15 is 0 Å². The quantitative estimate of drug-likeness (QED) is 0.193. The summed E-state index contributed by atoms with van der Waals surface area (Å²) in [6, 6.07) is 5.34. The van der Waals surface area contributed by atoms with Gasteiger partial charge in [0.25, 0.3) is 0 Å². The standard InChI is InChI=1S/C28H54P2S/c1-9-13-17-29(18-14-10-2)23-26-21-25(5)28(31(6,7)8)22-27(26)24-30(19-15-11-3)20-16-12-4/h21-22H,9-20,23-24H2,1-8H3. The van der Waals surface area contributed by atoms with Gasteiger partial charge in [-0.3, -0.25) is 0 Å². The van der Waals surface area contributed by atoms with Gasteiger partial charge < -0.3 is 0 Å². The van der Waals surface area contributed by atoms with Crippen LogP contribution in [0.15, 0.2) is 17.0 Å². The molecule has 3 heteroatoms. The summed E-state index contributed by atoms with van der Waals surface area (Å²) in [7, 11) is -0.388. The Morgan fingerprint density at radius 1 is 0.613 bits per heavy atom. The molecule has 0 saturated heterocycles. The summed E-state index contributed by atoms with van der Waals surface area (Å²) in [6.45, 7) is 11.8. The van der Waals surface area contributed by atoms with Gasteiger partial charge in [0, 0.05) is 0 Å². The molecule has 182 valence electrons. The van der Waals surface area contributed by atoms with Crippen LogP contribution in [0.2, 0.25) is 0 Å². The third-order valence-corrected chi connectivity index (χ3v) is 13.4. The highest BCUT2D eigenvalue weighted by Gasteiger charge is 2.19. The maximum Gasteiger partial charge on any atom is -0.00698 e. The first-order valence-corrected chi connectivity index (χ1v) is 19.7. The average molecular weight is 485 g/mol. The van der Waals surface area contributed by atoms with Crippen molar-refractivity contribution < 1.29 is 0 Å². The second-order valence-corrected chi connectivity index (χ2v) is 19.4. The fourth-order valence-corrected chi connectivity index (χ4v) is 11.5. The van der Waals surface area contributed by atoms with Crippen LogP contribution in [0.1, 0.15) is 95.8 Å². The Balaban J connectivity index is 3.25. The molecule has 0 radical (unpaired) electrons. The molecule has 0 bridgehead atoms. The van der Waals surface area contributed by atoms with Gasteiger partial charge in [-0.1, -0.05) is 59.4 Å². The molecular formula is C28H54P2S. The summed E-state index contributed by atoms with van der Waals surface area (Å²) >= 11 is 0. The predicted molar refractivity (Wildman–Crippen MR) is 155 cm³/mol. The van der Waals surface area contributed by atoms with Crippen molar-refractivity contribution in [3.8, 4) is 0 Å². The lowest BCUT2D eigenvalue weighted by Crippen LogP contribution is -2.05. The van der Waals surface area contributed by atoms with E-state index in [1.165, 1.54) is 88.3 Å². The topological polar surface area (TPSA) is 0 Å². The van der Waals surface area contributed by atoms with Crippen molar-refractivity contribution in [3.63, 3.8) is 0 Å². The summed E-state index contributed by atoms with van der Waals surface area (Å²) in [5.41, 5.74) is 5.05. The van der Waals surface area contributed by atoms with E-state index in [0.717, 1.165) is 0 Å². The number of hydrogen-bond donors (Lipinski definition) is 0. The van der Waals surface area contributed by atoms with Crippen LogP contribution in [0.3, 0.4) is 0 Å². The molecule has 1 aromatic carbocycles. The molecule has 0 aliphatic heterocycles. The van der Waals surface area contributed by atoms with Crippen LogP contribution in [0.4, 0.5) is 0 Å². The van der Waals surface area contributed by atoms with E-state index in [0.29, 0.717) is 0 Å². The highest BCUT2D eigenvalue weighted by atomic mass is 32.3. The van der Waals surface area contributed by atoms with Gasteiger partial charge in [0.1, 0.15) is 0 Å². The van der Waals surface area contributed by atoms with Crippen LogP contribution >= 0.6 is 25.9 Å². The largest absolute Gasteiger partial charge is 0.223 e. The molecule has 0 amide bonds. The van der Waals surface area contributed by atoms with Crippen molar-refractivity contribution in [1.82, 2.24) is 0 Å². The van der Waals surface area contributed by atoms with Gasteiger partial charge >= 0.3 is 0 Å². The Morgan fingerprint density at radius 3 is 1.29 bits per heavy atom. The molecule has 0 aliphatic carbocycles. The van der Waals surface area contributed by atoms with E-state index in [2.05, 4.69) is 65.5 Å². The van der Waals surface area contributed by atoms with Crippen LogP contribution in [-0.4, -0.2) is 43.4 Å². The van der Waals surface area contributed by atoms with Crippen LogP contribution in [0.25, 0.3) is 0 Å². The molecule has 0 saturated carbocycles. The summed E-state index contributed by atoms with van der Waals surface area (Å²) in [4.78, 5) is 1.67. The molecule has 0 nitrogen and oxygen atoms in total. The molecule has 1 rings (SSSR count). The fraction of sp³-hybridized carbons (Fsp3) is 0.786. The fourth-order valence-electron chi connectivity index (χ4n) is 4.29. The third-order valence-electron chi connectivity index (χ3n) is 6.26. The lowest BCUT2D eigenvalue weighted by atomic mass is 10.1. The summed E-state index contributed by atoms with van der Waals surface area (Å²) < 4.78 is 0. The molecule has 0 aromatic heterocycles. The van der Waals surface area contributed by atoms with Gasteiger partial charge in [0.2, 0.25) is 0 Å². The van der Waals surface area contributed by atoms with Gasteiger partial charge in [0.15, 0.2) is 0 Å². The van der Waals surface area contributed by atoms with Crippen LogP contribution in [0, 0.1) is 6.92 Å². The zero-order chi connectivity index (χ0) is 23.3. The first kappa shape index (κ1) is 29.5. The zero-order valence-electron chi connectivity index (χ0n) is 22.4. The molecule has 1 aromatic rings. The van der Waals surface area contributed by atoms with Crippen molar-refractivity contribution in [3.05, 3.63) is 28.8 Å². The molecule has 0 N–H and O–H groups in total. The minimum Gasteiger partial charge on any atom is -0.223 e. The SMILES string of the molecule is CCCCP(CCCC)Cc1cc(C)c(S(C)(C)C)cc1CP(CCCC)CCCC. The molecule has 31 heavy (non-hydrogen) atoms. The van der Waals surface area contributed by atoms with Gasteiger partial charge in [0.05, 0.1) is 0 Å². The minimum absolute atomic E-state index is 0.147. The normalized spacial score (nSPS) is 12.8. The van der Waals surface area contributed by atoms with E-state index in [1.807, 2.05) is 0 Å². The van der Waals surface area contributed by atoms with Crippen molar-refractivity contribution in [2.75, 3.05) is 43.4 Å². The second kappa shape index (κ2) is 16.1. The number of hydrogen-bond acceptors (Lipinski definition) is 0. The van der Waals surface area contributed by atoms with E-state index in [9.17, 15) is 0 Å². The van der Waals surface area contributed by atoms with E-state index in [-0.39, 0.29) is 15.8 Å². The second-order valence-electron chi connectivity index (χ2n) is 10.2. The van der Waals surface area contributed by atoms with Crippen molar-refractivity contribution in [2.45, 2.75) is 103 Å². The molecule has 0 atom stereocenters. The number of rotatable bonds is 17. The Hall–Kier alpha value is 0.430. The van der Waals surface area contributed by atoms with Crippen LogP contribution in [0.5, 0.6) is 0 Å². The Bertz CT molecular complexity index is 590. The van der Waals surface area contributed by atoms with Crippen LogP contribution < -0.4 is 0 Å². The van der Waals surface area contributed by atoms with Gasteiger partial charge in [-0.15, -0.1) is 15.8 Å². The third kappa shape index (κ3) is 11.4. The summed E-state index contributed by atoms with van der Waals surface area (Å²) in [5, 5.41) is 0. The first-order chi connectivity index (χ1) is 14.8. The zero-order valence-corrected chi connectivity index (χ0v) is 25.0. The lowest BCUT2D eigenvalue weighted by molar-refractivity contribution is 0.863. The number of aryl methyl sites for hydroxylation is 1. The Morgan fingerprint density at radius 2 is 0.968 bits per heavy atom. The summed E-state index contributed by atoms with van der Waals surface area (Å²) in [5.74, 6) is 0. The van der Waals surface area contributed by atoms with E-state index in [1.54, 1.807) is 21.6 Å². The summed E-state index contributed by atoms with van der Waals surface area (Å²) in [6.07, 6.45) is 27.2. The van der Waals surface area contributed by atoms with Gasteiger partial charge in [-0.2, -0.15) is 0 Å². The number of benzene rings is 1. The van der Waals surface area contributed by atoms with Crippen molar-refractivity contribution in [1.29, 1.82) is 0 Å². The lowest BCUT2D eigenvalue weighted by Gasteiger charge is -2.31. The van der Waals surface area contributed by atoms with E-state index in [4.69, 9.17) is 0 Å². The molecule has 0 unspecified atom stereocenters. The Labute approximate surface area is 201 Å². The maximum absolute atomic E-state index is 2.69. The first-order valence-electron chi connectivity index (χ1n) is 13.0. The highest BCUT2D eigenvalue weighted by Crippen LogP contribution is 2.51. The van der Waals surface area contributed by atoms with Crippen molar-refractivity contribution in [2.24, 2.45) is 0 Å². The smallest absolute Gasteiger partial charge is 0.00698 e. The Kier molecular flexibility index (Phi) is 15.3. The van der Waals surface area contributed by atoms with Crippen molar-refractivity contribution >= 4 is 25.9 Å². The monoisotopic (exact) mass is 484 g/mol. The van der Waals surface area contributed by atoms with E-state index < -0.39 is 10.0 Å². The minimum atomic E-state index is -0.687. The predicted octanol–water partition coefficient (Wildman–Crippen LogP) is 10.2. The molecule has 0 spiro atoms. The molecule has 0 aliphatic rings. The van der Waals surface area contributed by atoms with Gasteiger partial charge in [-0.25, -0.2) is 10.0 Å². The van der Waals surface area contributed by atoms with Crippen LogP contribution in [-0.2, 0) is 12.3 Å².